The van der Waals surface area contributed by atoms with Crippen molar-refractivity contribution in [3.8, 4) is 5.82 Å². The molecule has 0 amide bonds. The van der Waals surface area contributed by atoms with Crippen LogP contribution in [0.3, 0.4) is 0 Å². The minimum atomic E-state index is -4.45. The third-order valence-corrected chi connectivity index (χ3v) is 2.40. The summed E-state index contributed by atoms with van der Waals surface area (Å²) in [5.74, 6) is 0.138. The van der Waals surface area contributed by atoms with Crippen molar-refractivity contribution in [2.24, 2.45) is 0 Å². The number of aromatic nitrogens is 3. The third kappa shape index (κ3) is 2.29. The standard InChI is InChI=1S/C11H11F3N4/c1-17(2)8-3-5-15-10(7-8)18-9(4-6-16-18)11(12,13)14/h3-7H,1-2H3. The van der Waals surface area contributed by atoms with E-state index in [0.29, 0.717) is 0 Å². The Kier molecular flexibility index (Phi) is 2.98. The van der Waals surface area contributed by atoms with Crippen molar-refractivity contribution in [2.75, 3.05) is 19.0 Å². The third-order valence-electron chi connectivity index (χ3n) is 2.40. The Balaban J connectivity index is 2.50. The van der Waals surface area contributed by atoms with E-state index in [2.05, 4.69) is 10.1 Å². The average molecular weight is 256 g/mol. The summed E-state index contributed by atoms with van der Waals surface area (Å²) < 4.78 is 39.0. The van der Waals surface area contributed by atoms with Crippen molar-refractivity contribution in [2.45, 2.75) is 6.18 Å². The molecular weight excluding hydrogens is 245 g/mol. The van der Waals surface area contributed by atoms with Gasteiger partial charge in [-0.05, 0) is 12.1 Å². The SMILES string of the molecule is CN(C)c1ccnc(-n2nccc2C(F)(F)F)c1. The zero-order valence-corrected chi connectivity index (χ0v) is 9.81. The lowest BCUT2D eigenvalue weighted by Gasteiger charge is -2.14. The molecule has 0 bridgehead atoms. The minimum Gasteiger partial charge on any atom is -0.378 e. The van der Waals surface area contributed by atoms with Gasteiger partial charge in [0.2, 0.25) is 0 Å². The van der Waals surface area contributed by atoms with Crippen LogP contribution < -0.4 is 4.90 Å². The zero-order chi connectivity index (χ0) is 13.3. The van der Waals surface area contributed by atoms with Gasteiger partial charge in [0.15, 0.2) is 5.82 Å². The van der Waals surface area contributed by atoms with E-state index >= 15 is 0 Å². The molecule has 2 aromatic rings. The number of rotatable bonds is 2. The first-order valence-electron chi connectivity index (χ1n) is 5.14. The Morgan fingerprint density at radius 2 is 1.89 bits per heavy atom. The maximum Gasteiger partial charge on any atom is 0.433 e. The summed E-state index contributed by atoms with van der Waals surface area (Å²) >= 11 is 0. The summed E-state index contributed by atoms with van der Waals surface area (Å²) in [6.07, 6.45) is -1.90. The number of halogens is 3. The number of alkyl halides is 3. The quantitative estimate of drug-likeness (QED) is 0.827. The van der Waals surface area contributed by atoms with E-state index in [4.69, 9.17) is 0 Å². The van der Waals surface area contributed by atoms with Gasteiger partial charge in [0.1, 0.15) is 5.69 Å². The van der Waals surface area contributed by atoms with Crippen molar-refractivity contribution in [3.05, 3.63) is 36.3 Å². The van der Waals surface area contributed by atoms with Gasteiger partial charge in [0, 0.05) is 32.0 Å². The first-order chi connectivity index (χ1) is 8.39. The molecule has 0 atom stereocenters. The molecule has 2 rings (SSSR count). The first kappa shape index (κ1) is 12.4. The Morgan fingerprint density at radius 3 is 2.50 bits per heavy atom. The van der Waals surface area contributed by atoms with Crippen molar-refractivity contribution >= 4 is 5.69 Å². The fraction of sp³-hybridized carbons (Fsp3) is 0.273. The van der Waals surface area contributed by atoms with Crippen LogP contribution in [0.1, 0.15) is 5.69 Å². The normalized spacial score (nSPS) is 11.6. The summed E-state index contributed by atoms with van der Waals surface area (Å²) in [4.78, 5) is 5.69. The van der Waals surface area contributed by atoms with E-state index in [0.717, 1.165) is 22.6 Å². The number of pyridine rings is 1. The Morgan fingerprint density at radius 1 is 1.17 bits per heavy atom. The predicted octanol–water partition coefficient (Wildman–Crippen LogP) is 2.35. The Hall–Kier alpha value is -2.05. The molecule has 0 saturated heterocycles. The maximum atomic E-state index is 12.7. The second kappa shape index (κ2) is 4.32. The fourth-order valence-electron chi connectivity index (χ4n) is 1.50. The lowest BCUT2D eigenvalue weighted by Crippen LogP contribution is -2.15. The zero-order valence-electron chi connectivity index (χ0n) is 9.81. The molecule has 18 heavy (non-hydrogen) atoms. The summed E-state index contributed by atoms with van der Waals surface area (Å²) in [6.45, 7) is 0. The largest absolute Gasteiger partial charge is 0.433 e. The van der Waals surface area contributed by atoms with Crippen LogP contribution in [0.5, 0.6) is 0 Å². The maximum absolute atomic E-state index is 12.7. The van der Waals surface area contributed by atoms with Gasteiger partial charge in [-0.25, -0.2) is 9.67 Å². The lowest BCUT2D eigenvalue weighted by atomic mass is 10.3. The molecule has 7 heteroatoms. The molecule has 0 spiro atoms. The summed E-state index contributed by atoms with van der Waals surface area (Å²) in [6, 6.07) is 4.17. The monoisotopic (exact) mass is 256 g/mol. The molecule has 0 radical (unpaired) electrons. The van der Waals surface area contributed by atoms with Crippen molar-refractivity contribution in [1.29, 1.82) is 0 Å². The molecule has 0 aliphatic rings. The van der Waals surface area contributed by atoms with Crippen LogP contribution in [-0.2, 0) is 6.18 Å². The predicted molar refractivity (Wildman–Crippen MR) is 60.7 cm³/mol. The van der Waals surface area contributed by atoms with E-state index < -0.39 is 11.9 Å². The van der Waals surface area contributed by atoms with Crippen LogP contribution in [0, 0.1) is 0 Å². The highest BCUT2D eigenvalue weighted by molar-refractivity contribution is 5.48. The molecule has 0 aromatic carbocycles. The molecule has 0 unspecified atom stereocenters. The van der Waals surface area contributed by atoms with Gasteiger partial charge in [-0.2, -0.15) is 18.3 Å². The smallest absolute Gasteiger partial charge is 0.378 e. The van der Waals surface area contributed by atoms with Gasteiger partial charge in [-0.15, -0.1) is 0 Å². The number of nitrogens with zero attached hydrogens (tertiary/aromatic N) is 4. The van der Waals surface area contributed by atoms with E-state index in [-0.39, 0.29) is 5.82 Å². The molecule has 96 valence electrons. The lowest BCUT2D eigenvalue weighted by molar-refractivity contribution is -0.142. The summed E-state index contributed by atoms with van der Waals surface area (Å²) in [7, 11) is 3.60. The van der Waals surface area contributed by atoms with Gasteiger partial charge in [-0.3, -0.25) is 0 Å². The molecular formula is C11H11F3N4. The molecule has 0 fully saturated rings. The number of hydrogen-bond acceptors (Lipinski definition) is 3. The molecule has 0 aliphatic carbocycles. The molecule has 0 saturated carbocycles. The summed E-state index contributed by atoms with van der Waals surface area (Å²) in [5, 5.41) is 3.67. The number of hydrogen-bond donors (Lipinski definition) is 0. The molecule has 4 nitrogen and oxygen atoms in total. The van der Waals surface area contributed by atoms with E-state index in [1.54, 1.807) is 31.1 Å². The van der Waals surface area contributed by atoms with Gasteiger partial charge in [0.05, 0.1) is 6.20 Å². The second-order valence-corrected chi connectivity index (χ2v) is 3.89. The highest BCUT2D eigenvalue weighted by Crippen LogP contribution is 2.30. The van der Waals surface area contributed by atoms with Crippen LogP contribution in [0.4, 0.5) is 18.9 Å². The van der Waals surface area contributed by atoms with Crippen LogP contribution >= 0.6 is 0 Å². The van der Waals surface area contributed by atoms with Crippen LogP contribution in [-0.4, -0.2) is 28.9 Å². The molecule has 2 heterocycles. The fourth-order valence-corrected chi connectivity index (χ4v) is 1.50. The van der Waals surface area contributed by atoms with E-state index in [9.17, 15) is 13.2 Å². The van der Waals surface area contributed by atoms with E-state index in [1.807, 2.05) is 0 Å². The minimum absolute atomic E-state index is 0.138. The Bertz CT molecular complexity index is 545. The molecule has 0 aliphatic heterocycles. The number of anilines is 1. The Labute approximate surface area is 102 Å². The van der Waals surface area contributed by atoms with Gasteiger partial charge >= 0.3 is 6.18 Å². The van der Waals surface area contributed by atoms with Gasteiger partial charge in [-0.1, -0.05) is 0 Å². The second-order valence-electron chi connectivity index (χ2n) is 3.89. The summed E-state index contributed by atoms with van der Waals surface area (Å²) in [5.41, 5.74) is -0.0884. The van der Waals surface area contributed by atoms with Crippen LogP contribution in [0.25, 0.3) is 5.82 Å². The van der Waals surface area contributed by atoms with Gasteiger partial charge < -0.3 is 4.90 Å². The molecule has 0 N–H and O–H groups in total. The topological polar surface area (TPSA) is 34.0 Å². The highest BCUT2D eigenvalue weighted by Gasteiger charge is 2.35. The molecule has 2 aromatic heterocycles. The van der Waals surface area contributed by atoms with Crippen LogP contribution in [0.2, 0.25) is 0 Å². The van der Waals surface area contributed by atoms with Crippen molar-refractivity contribution in [3.63, 3.8) is 0 Å². The van der Waals surface area contributed by atoms with Crippen LogP contribution in [0.15, 0.2) is 30.6 Å². The average Bonchev–Trinajstić information content (AvgIpc) is 2.77. The highest BCUT2D eigenvalue weighted by atomic mass is 19.4. The first-order valence-corrected chi connectivity index (χ1v) is 5.14. The van der Waals surface area contributed by atoms with Gasteiger partial charge in [0.25, 0.3) is 0 Å². The van der Waals surface area contributed by atoms with Crippen molar-refractivity contribution in [1.82, 2.24) is 14.8 Å². The van der Waals surface area contributed by atoms with E-state index in [1.165, 1.54) is 6.20 Å². The van der Waals surface area contributed by atoms with Crippen molar-refractivity contribution < 1.29 is 13.2 Å².